The number of hydrogen-bond donors (Lipinski definition) is 0. The summed E-state index contributed by atoms with van der Waals surface area (Å²) in [5, 5.41) is 3.56. The molecule has 5 nitrogen and oxygen atoms in total. The van der Waals surface area contributed by atoms with Crippen LogP contribution in [-0.4, -0.2) is 24.1 Å². The Morgan fingerprint density at radius 1 is 0.558 bits per heavy atom. The Morgan fingerprint density at radius 2 is 1.16 bits per heavy atom. The van der Waals surface area contributed by atoms with Crippen molar-refractivity contribution in [2.75, 3.05) is 0 Å². The number of nitrogens with zero attached hydrogens (tertiary/aromatic N) is 5. The van der Waals surface area contributed by atoms with Crippen molar-refractivity contribution in [2.24, 2.45) is 0 Å². The fourth-order valence-corrected chi connectivity index (χ4v) is 7.21. The standard InChI is InChI=1S/C38H27N5/c1-38(2)31-12-6-3-9-27(31)30-21-25(17-20-32(30)38)24-15-18-26(19-16-24)42-33-13-7-4-10-28(33)35-29-11-5-8-14-34(29)43(36(35)42)37-40-22-39-23-41-37/h3-23H,1-2H3. The van der Waals surface area contributed by atoms with Gasteiger partial charge in [0.1, 0.15) is 18.3 Å². The average Bonchev–Trinajstić information content (AvgIpc) is 3.65. The molecule has 204 valence electrons. The Bertz CT molecular complexity index is 2360. The number of para-hydroxylation sites is 2. The van der Waals surface area contributed by atoms with E-state index in [1.807, 2.05) is 0 Å². The first kappa shape index (κ1) is 24.1. The van der Waals surface area contributed by atoms with Crippen LogP contribution >= 0.6 is 0 Å². The van der Waals surface area contributed by atoms with Gasteiger partial charge in [-0.25, -0.2) is 15.0 Å². The molecule has 0 fully saturated rings. The molecule has 0 saturated heterocycles. The summed E-state index contributed by atoms with van der Waals surface area (Å²) in [6.07, 6.45) is 3.11. The number of fused-ring (bicyclic) bond motifs is 8. The van der Waals surface area contributed by atoms with Crippen molar-refractivity contribution >= 4 is 32.8 Å². The topological polar surface area (TPSA) is 48.5 Å². The highest BCUT2D eigenvalue weighted by molar-refractivity contribution is 6.22. The van der Waals surface area contributed by atoms with Gasteiger partial charge in [0.15, 0.2) is 0 Å². The summed E-state index contributed by atoms with van der Waals surface area (Å²) in [4.78, 5) is 13.2. The van der Waals surface area contributed by atoms with Gasteiger partial charge >= 0.3 is 0 Å². The molecule has 0 spiro atoms. The molecule has 0 amide bonds. The van der Waals surface area contributed by atoms with E-state index in [-0.39, 0.29) is 5.41 Å². The number of benzene rings is 5. The number of rotatable bonds is 3. The van der Waals surface area contributed by atoms with Gasteiger partial charge in [-0.3, -0.25) is 9.13 Å². The summed E-state index contributed by atoms with van der Waals surface area (Å²) in [7, 11) is 0. The maximum atomic E-state index is 4.56. The third kappa shape index (κ3) is 3.30. The fraction of sp³-hybridized carbons (Fsp3) is 0.0789. The fourth-order valence-electron chi connectivity index (χ4n) is 7.21. The molecule has 8 aromatic rings. The van der Waals surface area contributed by atoms with Crippen LogP contribution in [0.15, 0.2) is 128 Å². The summed E-state index contributed by atoms with van der Waals surface area (Å²) in [5.41, 5.74) is 12.2. The van der Waals surface area contributed by atoms with Crippen molar-refractivity contribution in [1.29, 1.82) is 0 Å². The van der Waals surface area contributed by atoms with E-state index in [0.29, 0.717) is 5.95 Å². The van der Waals surface area contributed by atoms with Crippen molar-refractivity contribution in [3.05, 3.63) is 139 Å². The Labute approximate surface area is 248 Å². The first-order valence-corrected chi connectivity index (χ1v) is 14.6. The van der Waals surface area contributed by atoms with E-state index in [9.17, 15) is 0 Å². The van der Waals surface area contributed by atoms with E-state index in [2.05, 4.69) is 153 Å². The molecule has 9 rings (SSSR count). The van der Waals surface area contributed by atoms with Crippen LogP contribution < -0.4 is 0 Å². The minimum absolute atomic E-state index is 0.00610. The number of hydrogen-bond acceptors (Lipinski definition) is 3. The van der Waals surface area contributed by atoms with E-state index < -0.39 is 0 Å². The lowest BCUT2D eigenvalue weighted by molar-refractivity contribution is 0.660. The smallest absolute Gasteiger partial charge is 0.238 e. The Morgan fingerprint density at radius 3 is 1.91 bits per heavy atom. The molecule has 1 aliphatic carbocycles. The molecular formula is C38H27N5. The van der Waals surface area contributed by atoms with Gasteiger partial charge in [-0.05, 0) is 63.7 Å². The lowest BCUT2D eigenvalue weighted by atomic mass is 9.82. The quantitative estimate of drug-likeness (QED) is 0.220. The van der Waals surface area contributed by atoms with E-state index in [1.165, 1.54) is 49.5 Å². The monoisotopic (exact) mass is 553 g/mol. The van der Waals surface area contributed by atoms with Crippen molar-refractivity contribution in [3.63, 3.8) is 0 Å². The van der Waals surface area contributed by atoms with Crippen molar-refractivity contribution in [3.8, 4) is 33.9 Å². The van der Waals surface area contributed by atoms with E-state index >= 15 is 0 Å². The van der Waals surface area contributed by atoms with Gasteiger partial charge in [0.05, 0.1) is 11.0 Å². The van der Waals surface area contributed by atoms with Gasteiger partial charge in [0, 0.05) is 27.3 Å². The van der Waals surface area contributed by atoms with Crippen LogP contribution in [0.5, 0.6) is 0 Å². The van der Waals surface area contributed by atoms with Crippen LogP contribution in [0.2, 0.25) is 0 Å². The van der Waals surface area contributed by atoms with Crippen LogP contribution in [0, 0.1) is 0 Å². The lowest BCUT2D eigenvalue weighted by Gasteiger charge is -2.21. The Balaban J connectivity index is 1.25. The average molecular weight is 554 g/mol. The summed E-state index contributed by atoms with van der Waals surface area (Å²) >= 11 is 0. The zero-order valence-corrected chi connectivity index (χ0v) is 23.9. The van der Waals surface area contributed by atoms with Crippen molar-refractivity contribution < 1.29 is 0 Å². The number of aromatic nitrogens is 5. The van der Waals surface area contributed by atoms with Crippen LogP contribution in [-0.2, 0) is 5.41 Å². The predicted molar refractivity (Wildman–Crippen MR) is 174 cm³/mol. The van der Waals surface area contributed by atoms with Crippen molar-refractivity contribution in [2.45, 2.75) is 19.3 Å². The predicted octanol–water partition coefficient (Wildman–Crippen LogP) is 8.89. The summed E-state index contributed by atoms with van der Waals surface area (Å²) < 4.78 is 4.49. The van der Waals surface area contributed by atoms with E-state index in [0.717, 1.165) is 22.4 Å². The van der Waals surface area contributed by atoms with Gasteiger partial charge in [-0.15, -0.1) is 0 Å². The third-order valence-corrected chi connectivity index (χ3v) is 9.20. The molecule has 1 aliphatic rings. The SMILES string of the molecule is CC1(C)c2ccccc2-c2cc(-c3ccc(-n4c5ccccc5c5c6ccccc6n(-c6ncncn6)c54)cc3)ccc21. The second kappa shape index (κ2) is 8.73. The van der Waals surface area contributed by atoms with Crippen molar-refractivity contribution in [1.82, 2.24) is 24.1 Å². The zero-order chi connectivity index (χ0) is 28.7. The maximum Gasteiger partial charge on any atom is 0.238 e. The normalized spacial score (nSPS) is 13.5. The van der Waals surface area contributed by atoms with E-state index in [4.69, 9.17) is 0 Å². The molecule has 5 aromatic carbocycles. The van der Waals surface area contributed by atoms with Crippen LogP contribution in [0.1, 0.15) is 25.0 Å². The van der Waals surface area contributed by atoms with Crippen LogP contribution in [0.4, 0.5) is 0 Å². The van der Waals surface area contributed by atoms with Gasteiger partial charge in [-0.2, -0.15) is 0 Å². The Kier molecular flexibility index (Phi) is 4.89. The second-order valence-electron chi connectivity index (χ2n) is 11.8. The molecule has 3 aromatic heterocycles. The molecule has 5 heteroatoms. The summed E-state index contributed by atoms with van der Waals surface area (Å²) in [6.45, 7) is 4.65. The van der Waals surface area contributed by atoms with Crippen LogP contribution in [0.3, 0.4) is 0 Å². The van der Waals surface area contributed by atoms with E-state index in [1.54, 1.807) is 12.7 Å². The lowest BCUT2D eigenvalue weighted by Crippen LogP contribution is -2.14. The molecule has 43 heavy (non-hydrogen) atoms. The molecule has 0 saturated carbocycles. The van der Waals surface area contributed by atoms with Gasteiger partial charge in [0.2, 0.25) is 5.95 Å². The highest BCUT2D eigenvalue weighted by Crippen LogP contribution is 2.49. The molecular weight excluding hydrogens is 526 g/mol. The largest absolute Gasteiger partial charge is 0.295 e. The molecule has 0 N–H and O–H groups in total. The summed E-state index contributed by atoms with van der Waals surface area (Å²) in [6, 6.07) is 41.8. The molecule has 3 heterocycles. The van der Waals surface area contributed by atoms with Crippen LogP contribution in [0.25, 0.3) is 66.7 Å². The third-order valence-electron chi connectivity index (χ3n) is 9.20. The maximum absolute atomic E-state index is 4.56. The highest BCUT2D eigenvalue weighted by atomic mass is 15.2. The first-order chi connectivity index (χ1) is 21.1. The molecule has 0 atom stereocenters. The Hall–Kier alpha value is -5.55. The molecule has 0 aliphatic heterocycles. The summed E-state index contributed by atoms with van der Waals surface area (Å²) in [5.74, 6) is 0.600. The zero-order valence-electron chi connectivity index (χ0n) is 23.9. The molecule has 0 unspecified atom stereocenters. The van der Waals surface area contributed by atoms with Gasteiger partial charge in [-0.1, -0.05) is 98.8 Å². The minimum Gasteiger partial charge on any atom is -0.295 e. The second-order valence-corrected chi connectivity index (χ2v) is 11.8. The highest BCUT2D eigenvalue weighted by Gasteiger charge is 2.35. The molecule has 0 bridgehead atoms. The van der Waals surface area contributed by atoms with Gasteiger partial charge < -0.3 is 0 Å². The first-order valence-electron chi connectivity index (χ1n) is 14.6. The van der Waals surface area contributed by atoms with Gasteiger partial charge in [0.25, 0.3) is 0 Å². The minimum atomic E-state index is 0.00610. The molecule has 0 radical (unpaired) electrons.